The van der Waals surface area contributed by atoms with Crippen molar-refractivity contribution >= 4 is 21.4 Å². The Morgan fingerprint density at radius 3 is 2.52 bits per heavy atom. The number of hydrogen-bond acceptors (Lipinski definition) is 4. The van der Waals surface area contributed by atoms with Crippen molar-refractivity contribution < 1.29 is 12.8 Å². The standard InChI is InChI=1S/C17H14ClNO3S/c1-12-16(19-17(22-12)13-6-3-2-4-7-13)11-23(20,21)15-9-5-8-14(18)10-15/h2-10H,11H2,1H3. The molecular formula is C17H14ClNO3S. The summed E-state index contributed by atoms with van der Waals surface area (Å²) in [5.74, 6) is 0.684. The minimum atomic E-state index is -3.53. The van der Waals surface area contributed by atoms with Crippen LogP contribution in [-0.4, -0.2) is 13.4 Å². The molecule has 0 spiro atoms. The van der Waals surface area contributed by atoms with E-state index in [0.29, 0.717) is 22.4 Å². The molecule has 1 heterocycles. The highest BCUT2D eigenvalue weighted by Crippen LogP contribution is 2.25. The lowest BCUT2D eigenvalue weighted by Crippen LogP contribution is -2.06. The highest BCUT2D eigenvalue weighted by molar-refractivity contribution is 7.90. The van der Waals surface area contributed by atoms with E-state index in [0.717, 1.165) is 5.56 Å². The minimum Gasteiger partial charge on any atom is -0.441 e. The van der Waals surface area contributed by atoms with Crippen LogP contribution < -0.4 is 0 Å². The molecule has 4 nitrogen and oxygen atoms in total. The van der Waals surface area contributed by atoms with Gasteiger partial charge in [0.25, 0.3) is 0 Å². The van der Waals surface area contributed by atoms with Crippen LogP contribution in [0.3, 0.4) is 0 Å². The summed E-state index contributed by atoms with van der Waals surface area (Å²) in [7, 11) is -3.53. The summed E-state index contributed by atoms with van der Waals surface area (Å²) in [5.41, 5.74) is 1.21. The Kier molecular flexibility index (Phi) is 4.24. The molecule has 3 aromatic rings. The van der Waals surface area contributed by atoms with Gasteiger partial charge in [-0.25, -0.2) is 13.4 Å². The van der Waals surface area contributed by atoms with E-state index in [9.17, 15) is 8.42 Å². The predicted molar refractivity (Wildman–Crippen MR) is 89.0 cm³/mol. The van der Waals surface area contributed by atoms with Gasteiger partial charge in [-0.3, -0.25) is 0 Å². The molecule has 0 saturated heterocycles. The predicted octanol–water partition coefficient (Wildman–Crippen LogP) is 4.28. The molecule has 118 valence electrons. The van der Waals surface area contributed by atoms with E-state index >= 15 is 0 Å². The fourth-order valence-corrected chi connectivity index (χ4v) is 3.83. The van der Waals surface area contributed by atoms with Gasteiger partial charge in [-0.1, -0.05) is 35.9 Å². The zero-order valence-corrected chi connectivity index (χ0v) is 13.9. The summed E-state index contributed by atoms with van der Waals surface area (Å²) in [6.07, 6.45) is 0. The van der Waals surface area contributed by atoms with Crippen LogP contribution in [0.4, 0.5) is 0 Å². The first-order valence-corrected chi connectivity index (χ1v) is 8.99. The molecule has 0 radical (unpaired) electrons. The first kappa shape index (κ1) is 15.8. The number of aryl methyl sites for hydroxylation is 1. The van der Waals surface area contributed by atoms with Gasteiger partial charge in [0.05, 0.1) is 10.6 Å². The Morgan fingerprint density at radius 1 is 1.09 bits per heavy atom. The van der Waals surface area contributed by atoms with Gasteiger partial charge in [-0.15, -0.1) is 0 Å². The van der Waals surface area contributed by atoms with Crippen molar-refractivity contribution in [2.24, 2.45) is 0 Å². The molecule has 2 aromatic carbocycles. The Morgan fingerprint density at radius 2 is 1.83 bits per heavy atom. The number of nitrogens with zero attached hydrogens (tertiary/aromatic N) is 1. The van der Waals surface area contributed by atoms with E-state index in [1.54, 1.807) is 19.1 Å². The van der Waals surface area contributed by atoms with Gasteiger partial charge in [0.15, 0.2) is 9.84 Å². The number of halogens is 1. The number of oxazole rings is 1. The number of benzene rings is 2. The van der Waals surface area contributed by atoms with E-state index in [-0.39, 0.29) is 10.6 Å². The summed E-state index contributed by atoms with van der Waals surface area (Å²) < 4.78 is 30.6. The summed E-state index contributed by atoms with van der Waals surface area (Å²) in [6, 6.07) is 15.6. The van der Waals surface area contributed by atoms with Crippen LogP contribution in [0.5, 0.6) is 0 Å². The van der Waals surface area contributed by atoms with Crippen molar-refractivity contribution in [3.63, 3.8) is 0 Å². The van der Waals surface area contributed by atoms with Crippen molar-refractivity contribution in [2.45, 2.75) is 17.6 Å². The van der Waals surface area contributed by atoms with Crippen molar-refractivity contribution in [2.75, 3.05) is 0 Å². The van der Waals surface area contributed by atoms with E-state index in [1.807, 2.05) is 30.3 Å². The second-order valence-electron chi connectivity index (χ2n) is 5.10. The molecule has 0 aliphatic heterocycles. The van der Waals surface area contributed by atoms with Crippen LogP contribution in [0.2, 0.25) is 5.02 Å². The molecule has 0 bridgehead atoms. The summed E-state index contributed by atoms with van der Waals surface area (Å²) >= 11 is 5.87. The van der Waals surface area contributed by atoms with Gasteiger partial charge in [0.2, 0.25) is 5.89 Å². The topological polar surface area (TPSA) is 60.2 Å². The summed E-state index contributed by atoms with van der Waals surface area (Å²) in [4.78, 5) is 4.51. The van der Waals surface area contributed by atoms with Crippen molar-refractivity contribution in [1.82, 2.24) is 4.98 Å². The second kappa shape index (κ2) is 6.18. The van der Waals surface area contributed by atoms with Crippen molar-refractivity contribution in [3.8, 4) is 11.5 Å². The van der Waals surface area contributed by atoms with Crippen LogP contribution in [0.15, 0.2) is 63.9 Å². The van der Waals surface area contributed by atoms with Gasteiger partial charge in [0.1, 0.15) is 11.5 Å². The second-order valence-corrected chi connectivity index (χ2v) is 7.53. The minimum absolute atomic E-state index is 0.175. The molecule has 0 saturated carbocycles. The van der Waals surface area contributed by atoms with Crippen LogP contribution in [0.1, 0.15) is 11.5 Å². The maximum absolute atomic E-state index is 12.5. The van der Waals surface area contributed by atoms with Crippen LogP contribution in [-0.2, 0) is 15.6 Å². The van der Waals surface area contributed by atoms with E-state index in [2.05, 4.69) is 4.98 Å². The van der Waals surface area contributed by atoms with E-state index in [1.165, 1.54) is 12.1 Å². The van der Waals surface area contributed by atoms with E-state index < -0.39 is 9.84 Å². The van der Waals surface area contributed by atoms with Crippen molar-refractivity contribution in [1.29, 1.82) is 0 Å². The molecule has 23 heavy (non-hydrogen) atoms. The van der Waals surface area contributed by atoms with Crippen LogP contribution in [0, 0.1) is 6.92 Å². The lowest BCUT2D eigenvalue weighted by Gasteiger charge is -2.03. The lowest BCUT2D eigenvalue weighted by molar-refractivity contribution is 0.539. The number of hydrogen-bond donors (Lipinski definition) is 0. The Labute approximate surface area is 139 Å². The van der Waals surface area contributed by atoms with Gasteiger partial charge < -0.3 is 4.42 Å². The van der Waals surface area contributed by atoms with Gasteiger partial charge >= 0.3 is 0 Å². The number of rotatable bonds is 4. The Balaban J connectivity index is 1.93. The van der Waals surface area contributed by atoms with E-state index in [4.69, 9.17) is 16.0 Å². The number of sulfone groups is 1. The molecule has 0 aliphatic carbocycles. The van der Waals surface area contributed by atoms with Gasteiger partial charge in [-0.2, -0.15) is 0 Å². The first-order chi connectivity index (χ1) is 11.0. The highest BCUT2D eigenvalue weighted by atomic mass is 35.5. The summed E-state index contributed by atoms with van der Waals surface area (Å²) in [6.45, 7) is 1.71. The molecule has 3 rings (SSSR count). The maximum atomic E-state index is 12.5. The van der Waals surface area contributed by atoms with Crippen LogP contribution >= 0.6 is 11.6 Å². The lowest BCUT2D eigenvalue weighted by atomic mass is 10.2. The summed E-state index contributed by atoms with van der Waals surface area (Å²) in [5, 5.41) is 0.382. The monoisotopic (exact) mass is 347 g/mol. The van der Waals surface area contributed by atoms with Crippen LogP contribution in [0.25, 0.3) is 11.5 Å². The maximum Gasteiger partial charge on any atom is 0.226 e. The highest BCUT2D eigenvalue weighted by Gasteiger charge is 2.21. The fraction of sp³-hybridized carbons (Fsp3) is 0.118. The molecule has 0 amide bonds. The first-order valence-electron chi connectivity index (χ1n) is 6.96. The molecule has 1 aromatic heterocycles. The zero-order valence-electron chi connectivity index (χ0n) is 12.4. The molecular weight excluding hydrogens is 334 g/mol. The van der Waals surface area contributed by atoms with Crippen molar-refractivity contribution in [3.05, 3.63) is 71.1 Å². The average molecular weight is 348 g/mol. The third kappa shape index (κ3) is 3.46. The fourth-order valence-electron chi connectivity index (χ4n) is 2.19. The Hall–Kier alpha value is -2.11. The quantitative estimate of drug-likeness (QED) is 0.706. The molecule has 0 fully saturated rings. The third-order valence-electron chi connectivity index (χ3n) is 3.40. The molecule has 0 unspecified atom stereocenters. The Bertz CT molecular complexity index is 933. The smallest absolute Gasteiger partial charge is 0.226 e. The SMILES string of the molecule is Cc1oc(-c2ccccc2)nc1CS(=O)(=O)c1cccc(Cl)c1. The average Bonchev–Trinajstić information content (AvgIpc) is 2.89. The van der Waals surface area contributed by atoms with Gasteiger partial charge in [-0.05, 0) is 37.3 Å². The molecule has 0 aliphatic rings. The van der Waals surface area contributed by atoms with Gasteiger partial charge in [0, 0.05) is 10.6 Å². The normalized spacial score (nSPS) is 11.6. The third-order valence-corrected chi connectivity index (χ3v) is 5.26. The molecule has 0 atom stereocenters. The zero-order chi connectivity index (χ0) is 16.4. The molecule has 6 heteroatoms. The number of aromatic nitrogens is 1. The molecule has 0 N–H and O–H groups in total. The largest absolute Gasteiger partial charge is 0.441 e.